The maximum atomic E-state index is 11.8. The fourth-order valence-corrected chi connectivity index (χ4v) is 2.86. The normalized spacial score (nSPS) is 10.3. The van der Waals surface area contributed by atoms with Crippen molar-refractivity contribution in [2.45, 2.75) is 0 Å². The standard InChI is InChI=1S/C22H14N2O2/c25-22(26)19-11-6-10-17(14-13-16-7-2-1-3-8-16)21(19)24-20-12-5-4-9-18(20)15-23-24/h1-12,15H,(H,25,26). The largest absolute Gasteiger partial charge is 0.478 e. The van der Waals surface area contributed by atoms with Crippen LogP contribution in [0.4, 0.5) is 0 Å². The molecule has 0 radical (unpaired) electrons. The van der Waals surface area contributed by atoms with Crippen LogP contribution < -0.4 is 0 Å². The number of rotatable bonds is 2. The van der Waals surface area contributed by atoms with Crippen LogP contribution in [0.1, 0.15) is 21.5 Å². The number of hydrogen-bond acceptors (Lipinski definition) is 2. The highest BCUT2D eigenvalue weighted by Crippen LogP contribution is 2.24. The van der Waals surface area contributed by atoms with Gasteiger partial charge in [-0.15, -0.1) is 0 Å². The van der Waals surface area contributed by atoms with Crippen molar-refractivity contribution in [3.05, 3.63) is 95.7 Å². The Bertz CT molecular complexity index is 1160. The first kappa shape index (κ1) is 15.7. The molecule has 124 valence electrons. The number of fused-ring (bicyclic) bond motifs is 1. The Balaban J connectivity index is 1.95. The molecule has 4 heteroatoms. The molecule has 0 unspecified atom stereocenters. The van der Waals surface area contributed by atoms with Gasteiger partial charge in [-0.3, -0.25) is 0 Å². The molecule has 0 atom stereocenters. The van der Waals surface area contributed by atoms with E-state index in [4.69, 9.17) is 0 Å². The summed E-state index contributed by atoms with van der Waals surface area (Å²) in [6, 6.07) is 22.4. The van der Waals surface area contributed by atoms with Crippen LogP contribution in [0, 0.1) is 11.8 Å². The van der Waals surface area contributed by atoms with E-state index in [9.17, 15) is 9.90 Å². The summed E-state index contributed by atoms with van der Waals surface area (Å²) in [4.78, 5) is 11.8. The molecule has 1 aromatic heterocycles. The Kier molecular flexibility index (Phi) is 3.97. The second kappa shape index (κ2) is 6.58. The maximum Gasteiger partial charge on any atom is 0.337 e. The van der Waals surface area contributed by atoms with Gasteiger partial charge < -0.3 is 5.11 Å². The quantitative estimate of drug-likeness (QED) is 0.559. The molecular formula is C22H14N2O2. The molecule has 1 heterocycles. The zero-order valence-electron chi connectivity index (χ0n) is 13.8. The number of carbonyl (C=O) groups is 1. The highest BCUT2D eigenvalue weighted by Gasteiger charge is 2.17. The number of benzene rings is 3. The summed E-state index contributed by atoms with van der Waals surface area (Å²) in [7, 11) is 0. The number of aromatic nitrogens is 2. The van der Waals surface area contributed by atoms with E-state index in [0.717, 1.165) is 16.5 Å². The van der Waals surface area contributed by atoms with Gasteiger partial charge in [0.1, 0.15) is 0 Å². The number of para-hydroxylation sites is 2. The SMILES string of the molecule is O=C(O)c1cccc(C#Cc2ccccc2)c1-n1ncc2ccccc21. The predicted molar refractivity (Wildman–Crippen MR) is 100 cm³/mol. The first-order valence-electron chi connectivity index (χ1n) is 8.10. The van der Waals surface area contributed by atoms with Crippen LogP contribution in [0.2, 0.25) is 0 Å². The third-order valence-electron chi connectivity index (χ3n) is 4.07. The lowest BCUT2D eigenvalue weighted by atomic mass is 10.1. The van der Waals surface area contributed by atoms with Crippen molar-refractivity contribution in [2.75, 3.05) is 0 Å². The van der Waals surface area contributed by atoms with E-state index in [0.29, 0.717) is 11.3 Å². The molecule has 4 nitrogen and oxygen atoms in total. The maximum absolute atomic E-state index is 11.8. The summed E-state index contributed by atoms with van der Waals surface area (Å²) < 4.78 is 1.65. The zero-order valence-corrected chi connectivity index (χ0v) is 13.8. The molecule has 0 saturated heterocycles. The van der Waals surface area contributed by atoms with Crippen molar-refractivity contribution < 1.29 is 9.90 Å². The van der Waals surface area contributed by atoms with E-state index in [1.165, 1.54) is 0 Å². The first-order valence-corrected chi connectivity index (χ1v) is 8.10. The van der Waals surface area contributed by atoms with E-state index in [-0.39, 0.29) is 5.56 Å². The van der Waals surface area contributed by atoms with Crippen molar-refractivity contribution in [3.63, 3.8) is 0 Å². The zero-order chi connectivity index (χ0) is 17.9. The number of carboxylic acids is 1. The Morgan fingerprint density at radius 2 is 1.65 bits per heavy atom. The summed E-state index contributed by atoms with van der Waals surface area (Å²) in [6.45, 7) is 0. The van der Waals surface area contributed by atoms with Crippen molar-refractivity contribution in [3.8, 4) is 17.5 Å². The molecular weight excluding hydrogens is 324 g/mol. The Labute approximate surface area is 150 Å². The van der Waals surface area contributed by atoms with Crippen LogP contribution in [-0.4, -0.2) is 20.9 Å². The van der Waals surface area contributed by atoms with E-state index < -0.39 is 5.97 Å². The Hall–Kier alpha value is -3.84. The van der Waals surface area contributed by atoms with Crippen LogP contribution in [0.5, 0.6) is 0 Å². The van der Waals surface area contributed by atoms with Crippen LogP contribution in [-0.2, 0) is 0 Å². The van der Waals surface area contributed by atoms with Gasteiger partial charge in [0, 0.05) is 10.9 Å². The molecule has 0 fully saturated rings. The summed E-state index contributed by atoms with van der Waals surface area (Å²) in [6.07, 6.45) is 1.72. The number of aromatic carboxylic acids is 1. The minimum atomic E-state index is -1.01. The third-order valence-corrected chi connectivity index (χ3v) is 4.07. The average Bonchev–Trinajstić information content (AvgIpc) is 3.10. The van der Waals surface area contributed by atoms with Crippen molar-refractivity contribution in [2.24, 2.45) is 0 Å². The van der Waals surface area contributed by atoms with Gasteiger partial charge >= 0.3 is 5.97 Å². The van der Waals surface area contributed by atoms with Gasteiger partial charge in [-0.2, -0.15) is 5.10 Å². The highest BCUT2D eigenvalue weighted by atomic mass is 16.4. The lowest BCUT2D eigenvalue weighted by Gasteiger charge is -2.10. The molecule has 0 aliphatic carbocycles. The first-order chi connectivity index (χ1) is 12.7. The Morgan fingerprint density at radius 3 is 2.46 bits per heavy atom. The molecule has 0 amide bonds. The minimum Gasteiger partial charge on any atom is -0.478 e. The van der Waals surface area contributed by atoms with Gasteiger partial charge in [0.05, 0.1) is 28.5 Å². The molecule has 4 rings (SSSR count). The monoisotopic (exact) mass is 338 g/mol. The summed E-state index contributed by atoms with van der Waals surface area (Å²) >= 11 is 0. The number of hydrogen-bond donors (Lipinski definition) is 1. The van der Waals surface area contributed by atoms with E-state index >= 15 is 0 Å². The smallest absolute Gasteiger partial charge is 0.337 e. The molecule has 0 aliphatic heterocycles. The summed E-state index contributed by atoms with van der Waals surface area (Å²) in [5, 5.41) is 15.0. The van der Waals surface area contributed by atoms with Crippen molar-refractivity contribution >= 4 is 16.9 Å². The lowest BCUT2D eigenvalue weighted by Crippen LogP contribution is -2.08. The third kappa shape index (κ3) is 2.83. The average molecular weight is 338 g/mol. The number of carboxylic acid groups (broad SMARTS) is 1. The highest BCUT2D eigenvalue weighted by molar-refractivity contribution is 5.94. The van der Waals surface area contributed by atoms with Crippen LogP contribution in [0.25, 0.3) is 16.6 Å². The van der Waals surface area contributed by atoms with Gasteiger partial charge in [-0.1, -0.05) is 54.3 Å². The summed E-state index contributed by atoms with van der Waals surface area (Å²) in [5.74, 6) is 5.19. The van der Waals surface area contributed by atoms with Crippen molar-refractivity contribution in [1.82, 2.24) is 9.78 Å². The van der Waals surface area contributed by atoms with E-state index in [1.54, 1.807) is 23.0 Å². The second-order valence-corrected chi connectivity index (χ2v) is 5.74. The molecule has 0 spiro atoms. The predicted octanol–water partition coefficient (Wildman–Crippen LogP) is 4.12. The Morgan fingerprint density at radius 1 is 0.885 bits per heavy atom. The van der Waals surface area contributed by atoms with Crippen LogP contribution in [0.15, 0.2) is 79.0 Å². The second-order valence-electron chi connectivity index (χ2n) is 5.74. The fraction of sp³-hybridized carbons (Fsp3) is 0. The molecule has 26 heavy (non-hydrogen) atoms. The van der Waals surface area contributed by atoms with E-state index in [1.807, 2.05) is 60.7 Å². The van der Waals surface area contributed by atoms with Crippen LogP contribution >= 0.6 is 0 Å². The molecule has 0 aliphatic rings. The van der Waals surface area contributed by atoms with Gasteiger partial charge in [0.15, 0.2) is 0 Å². The van der Waals surface area contributed by atoms with Gasteiger partial charge in [0.2, 0.25) is 0 Å². The van der Waals surface area contributed by atoms with E-state index in [2.05, 4.69) is 16.9 Å². The van der Waals surface area contributed by atoms with Gasteiger partial charge in [-0.05, 0) is 30.3 Å². The molecule has 1 N–H and O–H groups in total. The molecule has 0 saturated carbocycles. The fourth-order valence-electron chi connectivity index (χ4n) is 2.86. The van der Waals surface area contributed by atoms with Gasteiger partial charge in [0.25, 0.3) is 0 Å². The minimum absolute atomic E-state index is 0.165. The number of nitrogens with zero attached hydrogens (tertiary/aromatic N) is 2. The summed E-state index contributed by atoms with van der Waals surface area (Å²) in [5.41, 5.74) is 2.96. The molecule has 4 aromatic rings. The molecule has 3 aromatic carbocycles. The lowest BCUT2D eigenvalue weighted by molar-refractivity contribution is 0.0696. The molecule has 0 bridgehead atoms. The topological polar surface area (TPSA) is 55.1 Å². The van der Waals surface area contributed by atoms with Crippen LogP contribution in [0.3, 0.4) is 0 Å². The van der Waals surface area contributed by atoms with Crippen molar-refractivity contribution in [1.29, 1.82) is 0 Å². The van der Waals surface area contributed by atoms with Gasteiger partial charge in [-0.25, -0.2) is 9.48 Å².